The smallest absolute Gasteiger partial charge is 0.227 e. The molecule has 1 fully saturated rings. The molecule has 1 unspecified atom stereocenters. The van der Waals surface area contributed by atoms with E-state index in [1.165, 1.54) is 5.56 Å². The van der Waals surface area contributed by atoms with Crippen molar-refractivity contribution in [2.75, 3.05) is 18.0 Å². The number of anilines is 1. The van der Waals surface area contributed by atoms with Crippen LogP contribution in [-0.2, 0) is 4.79 Å². The van der Waals surface area contributed by atoms with Crippen LogP contribution in [0, 0.1) is 5.92 Å². The van der Waals surface area contributed by atoms with Gasteiger partial charge in [-0.25, -0.2) is 0 Å². The van der Waals surface area contributed by atoms with Gasteiger partial charge in [0.25, 0.3) is 0 Å². The van der Waals surface area contributed by atoms with E-state index < -0.39 is 0 Å². The van der Waals surface area contributed by atoms with Crippen LogP contribution in [0.25, 0.3) is 0 Å². The Morgan fingerprint density at radius 3 is 2.72 bits per heavy atom. The molecule has 1 saturated heterocycles. The Bertz CT molecular complexity index is 459. The molecule has 18 heavy (non-hydrogen) atoms. The summed E-state index contributed by atoms with van der Waals surface area (Å²) in [7, 11) is 0. The number of hydrogen-bond acceptors (Lipinski definition) is 2. The third kappa shape index (κ3) is 2.59. The van der Waals surface area contributed by atoms with E-state index in [2.05, 4.69) is 41.9 Å². The summed E-state index contributed by atoms with van der Waals surface area (Å²) in [6.07, 6.45) is 0.564. The van der Waals surface area contributed by atoms with Crippen molar-refractivity contribution in [3.63, 3.8) is 0 Å². The minimum Gasteiger partial charge on any atom is -0.330 e. The van der Waals surface area contributed by atoms with Gasteiger partial charge in [-0.3, -0.25) is 4.79 Å². The standard InChI is InChI=1S/C14H19BrN2O/c1-9(2)11-3-4-13(12(15)6-11)17-8-10(7-16)5-14(17)18/h3-4,6,9-10H,5,7-8,16H2,1-2H3. The first kappa shape index (κ1) is 13.6. The molecule has 0 radical (unpaired) electrons. The van der Waals surface area contributed by atoms with Gasteiger partial charge in [-0.1, -0.05) is 19.9 Å². The van der Waals surface area contributed by atoms with Crippen molar-refractivity contribution in [2.45, 2.75) is 26.2 Å². The van der Waals surface area contributed by atoms with Crippen molar-refractivity contribution in [1.82, 2.24) is 0 Å². The summed E-state index contributed by atoms with van der Waals surface area (Å²) < 4.78 is 0.986. The summed E-state index contributed by atoms with van der Waals surface area (Å²) in [5, 5.41) is 0. The molecule has 0 spiro atoms. The van der Waals surface area contributed by atoms with E-state index >= 15 is 0 Å². The minimum atomic E-state index is 0.170. The predicted molar refractivity (Wildman–Crippen MR) is 77.7 cm³/mol. The van der Waals surface area contributed by atoms with E-state index in [4.69, 9.17) is 5.73 Å². The van der Waals surface area contributed by atoms with Gasteiger partial charge >= 0.3 is 0 Å². The van der Waals surface area contributed by atoms with Crippen LogP contribution in [0.2, 0.25) is 0 Å². The van der Waals surface area contributed by atoms with Gasteiger partial charge < -0.3 is 10.6 Å². The molecule has 0 aliphatic carbocycles. The lowest BCUT2D eigenvalue weighted by Gasteiger charge is -2.19. The zero-order valence-electron chi connectivity index (χ0n) is 10.8. The average Bonchev–Trinajstić information content (AvgIpc) is 2.70. The summed E-state index contributed by atoms with van der Waals surface area (Å²) in [6.45, 7) is 5.62. The van der Waals surface area contributed by atoms with Gasteiger partial charge in [-0.05, 0) is 52.0 Å². The summed E-state index contributed by atoms with van der Waals surface area (Å²) in [5.41, 5.74) is 7.88. The number of hydrogen-bond donors (Lipinski definition) is 1. The number of nitrogens with zero attached hydrogens (tertiary/aromatic N) is 1. The van der Waals surface area contributed by atoms with E-state index in [1.54, 1.807) is 0 Å². The molecule has 3 nitrogen and oxygen atoms in total. The van der Waals surface area contributed by atoms with E-state index in [1.807, 2.05) is 11.0 Å². The number of nitrogens with two attached hydrogens (primary N) is 1. The molecule has 0 saturated carbocycles. The fraction of sp³-hybridized carbons (Fsp3) is 0.500. The highest BCUT2D eigenvalue weighted by atomic mass is 79.9. The summed E-state index contributed by atoms with van der Waals surface area (Å²) in [4.78, 5) is 13.8. The first-order chi connectivity index (χ1) is 8.52. The molecule has 1 aromatic carbocycles. The highest BCUT2D eigenvalue weighted by Gasteiger charge is 2.30. The van der Waals surface area contributed by atoms with Crippen molar-refractivity contribution in [3.8, 4) is 0 Å². The molecule has 0 aromatic heterocycles. The van der Waals surface area contributed by atoms with Crippen molar-refractivity contribution < 1.29 is 4.79 Å². The molecule has 1 atom stereocenters. The number of benzene rings is 1. The SMILES string of the molecule is CC(C)c1ccc(N2CC(CN)CC2=O)c(Br)c1. The Balaban J connectivity index is 2.26. The summed E-state index contributed by atoms with van der Waals surface area (Å²) >= 11 is 3.57. The van der Waals surface area contributed by atoms with E-state index in [-0.39, 0.29) is 11.8 Å². The lowest BCUT2D eigenvalue weighted by atomic mass is 10.0. The number of halogens is 1. The van der Waals surface area contributed by atoms with Gasteiger partial charge in [0.1, 0.15) is 0 Å². The zero-order valence-corrected chi connectivity index (χ0v) is 12.4. The van der Waals surface area contributed by atoms with Crippen LogP contribution in [0.5, 0.6) is 0 Å². The van der Waals surface area contributed by atoms with Crippen LogP contribution in [0.15, 0.2) is 22.7 Å². The van der Waals surface area contributed by atoms with Crippen LogP contribution in [0.4, 0.5) is 5.69 Å². The number of carbonyl (C=O) groups excluding carboxylic acids is 1. The Hall–Kier alpha value is -0.870. The Morgan fingerprint density at radius 1 is 1.50 bits per heavy atom. The molecule has 1 heterocycles. The first-order valence-corrected chi connectivity index (χ1v) is 7.12. The third-order valence-corrected chi connectivity index (χ3v) is 4.10. The fourth-order valence-corrected chi connectivity index (χ4v) is 2.88. The van der Waals surface area contributed by atoms with Gasteiger partial charge in [-0.15, -0.1) is 0 Å². The second-order valence-corrected chi connectivity index (χ2v) is 6.03. The molecule has 1 amide bonds. The van der Waals surface area contributed by atoms with Gasteiger partial charge in [0.15, 0.2) is 0 Å². The highest BCUT2D eigenvalue weighted by molar-refractivity contribution is 9.10. The van der Waals surface area contributed by atoms with Crippen LogP contribution in [0.3, 0.4) is 0 Å². The normalized spacial score (nSPS) is 19.9. The topological polar surface area (TPSA) is 46.3 Å². The number of carbonyl (C=O) groups is 1. The second kappa shape index (κ2) is 5.41. The van der Waals surface area contributed by atoms with Crippen LogP contribution in [-0.4, -0.2) is 19.0 Å². The Morgan fingerprint density at radius 2 is 2.22 bits per heavy atom. The molecular formula is C14H19BrN2O. The molecular weight excluding hydrogens is 292 g/mol. The van der Waals surface area contributed by atoms with E-state index in [0.717, 1.165) is 16.7 Å². The second-order valence-electron chi connectivity index (χ2n) is 5.18. The highest BCUT2D eigenvalue weighted by Crippen LogP contribution is 2.33. The molecule has 2 rings (SSSR count). The molecule has 2 N–H and O–H groups in total. The summed E-state index contributed by atoms with van der Waals surface area (Å²) in [5.74, 6) is 0.944. The average molecular weight is 311 g/mol. The van der Waals surface area contributed by atoms with Gasteiger partial charge in [0, 0.05) is 17.4 Å². The Labute approximate surface area is 116 Å². The first-order valence-electron chi connectivity index (χ1n) is 6.32. The van der Waals surface area contributed by atoms with Crippen molar-refractivity contribution >= 4 is 27.5 Å². The number of amides is 1. The minimum absolute atomic E-state index is 0.170. The summed E-state index contributed by atoms with van der Waals surface area (Å²) in [6, 6.07) is 6.22. The van der Waals surface area contributed by atoms with Crippen LogP contribution >= 0.6 is 15.9 Å². The maximum Gasteiger partial charge on any atom is 0.227 e. The fourth-order valence-electron chi connectivity index (χ4n) is 2.27. The maximum absolute atomic E-state index is 12.0. The van der Waals surface area contributed by atoms with Crippen molar-refractivity contribution in [3.05, 3.63) is 28.2 Å². The number of rotatable bonds is 3. The molecule has 1 aliphatic heterocycles. The van der Waals surface area contributed by atoms with Gasteiger partial charge in [-0.2, -0.15) is 0 Å². The lowest BCUT2D eigenvalue weighted by molar-refractivity contribution is -0.117. The molecule has 98 valence electrons. The Kier molecular flexibility index (Phi) is 4.07. The van der Waals surface area contributed by atoms with Gasteiger partial charge in [0.2, 0.25) is 5.91 Å². The monoisotopic (exact) mass is 310 g/mol. The molecule has 0 bridgehead atoms. The largest absolute Gasteiger partial charge is 0.330 e. The molecule has 1 aromatic rings. The quantitative estimate of drug-likeness (QED) is 0.933. The zero-order chi connectivity index (χ0) is 13.3. The maximum atomic E-state index is 12.0. The van der Waals surface area contributed by atoms with Crippen molar-refractivity contribution in [1.29, 1.82) is 0 Å². The predicted octanol–water partition coefficient (Wildman–Crippen LogP) is 2.88. The van der Waals surface area contributed by atoms with E-state index in [0.29, 0.717) is 18.9 Å². The van der Waals surface area contributed by atoms with Crippen LogP contribution < -0.4 is 10.6 Å². The lowest BCUT2D eigenvalue weighted by Crippen LogP contribution is -2.26. The molecule has 4 heteroatoms. The van der Waals surface area contributed by atoms with E-state index in [9.17, 15) is 4.79 Å². The van der Waals surface area contributed by atoms with Crippen LogP contribution in [0.1, 0.15) is 31.7 Å². The molecule has 1 aliphatic rings. The third-order valence-electron chi connectivity index (χ3n) is 3.47. The van der Waals surface area contributed by atoms with Gasteiger partial charge in [0.05, 0.1) is 5.69 Å². The van der Waals surface area contributed by atoms with Crippen molar-refractivity contribution in [2.24, 2.45) is 11.7 Å².